The number of rotatable bonds is 7. The number of ether oxygens (including phenoxy) is 1. The Kier molecular flexibility index (Phi) is 6.19. The molecule has 6 nitrogen and oxygen atoms in total. The van der Waals surface area contributed by atoms with Gasteiger partial charge in [-0.2, -0.15) is 0 Å². The highest BCUT2D eigenvalue weighted by Gasteiger charge is 2.07. The van der Waals surface area contributed by atoms with Gasteiger partial charge in [-0.05, 0) is 17.7 Å². The van der Waals surface area contributed by atoms with Crippen LogP contribution in [0.4, 0.5) is 11.4 Å². The van der Waals surface area contributed by atoms with Crippen LogP contribution in [0.25, 0.3) is 0 Å². The van der Waals surface area contributed by atoms with Gasteiger partial charge in [0, 0.05) is 25.2 Å². The minimum atomic E-state index is -0.155. The lowest BCUT2D eigenvalue weighted by Crippen LogP contribution is -2.29. The van der Waals surface area contributed by atoms with Crippen molar-refractivity contribution >= 4 is 23.2 Å². The second-order valence-corrected chi connectivity index (χ2v) is 5.21. The molecule has 0 bridgehead atoms. The molecule has 2 amide bonds. The molecule has 0 heterocycles. The third kappa shape index (κ3) is 5.31. The van der Waals surface area contributed by atoms with Crippen LogP contribution in [0, 0.1) is 0 Å². The maximum Gasteiger partial charge on any atom is 0.239 e. The minimum absolute atomic E-state index is 0.119. The summed E-state index contributed by atoms with van der Waals surface area (Å²) in [6, 6.07) is 14.9. The number of carbonyl (C=O) groups is 2. The highest BCUT2D eigenvalue weighted by molar-refractivity contribution is 5.89. The Morgan fingerprint density at radius 2 is 1.83 bits per heavy atom. The third-order valence-corrected chi connectivity index (χ3v) is 3.29. The van der Waals surface area contributed by atoms with E-state index in [2.05, 4.69) is 16.0 Å². The fourth-order valence-electron chi connectivity index (χ4n) is 2.15. The summed E-state index contributed by atoms with van der Waals surface area (Å²) in [5.74, 6) is 0.280. The normalized spacial score (nSPS) is 9.92. The second-order valence-electron chi connectivity index (χ2n) is 5.21. The maximum atomic E-state index is 11.9. The standard InChI is InChI=1S/C18H21N3O3/c1-13(22)21-15-8-9-16(17(10-15)24-2)19-12-18(23)20-11-14-6-4-3-5-7-14/h3-10,19H,11-12H2,1-2H3,(H,20,23)(H,21,22). The summed E-state index contributed by atoms with van der Waals surface area (Å²) in [5, 5.41) is 8.56. The molecule has 0 aliphatic heterocycles. The molecule has 6 heteroatoms. The molecule has 24 heavy (non-hydrogen) atoms. The first-order valence-electron chi connectivity index (χ1n) is 7.58. The van der Waals surface area contributed by atoms with Gasteiger partial charge in [0.1, 0.15) is 5.75 Å². The van der Waals surface area contributed by atoms with Crippen LogP contribution < -0.4 is 20.7 Å². The van der Waals surface area contributed by atoms with Gasteiger partial charge >= 0.3 is 0 Å². The second kappa shape index (κ2) is 8.57. The molecular formula is C18H21N3O3. The van der Waals surface area contributed by atoms with Crippen LogP contribution in [0.3, 0.4) is 0 Å². The van der Waals surface area contributed by atoms with Crippen LogP contribution in [-0.2, 0) is 16.1 Å². The van der Waals surface area contributed by atoms with E-state index in [1.165, 1.54) is 14.0 Å². The molecule has 3 N–H and O–H groups in total. The SMILES string of the molecule is COc1cc(NC(C)=O)ccc1NCC(=O)NCc1ccccc1. The number of amides is 2. The van der Waals surface area contributed by atoms with Crippen LogP contribution in [0.2, 0.25) is 0 Å². The molecule has 0 saturated heterocycles. The summed E-state index contributed by atoms with van der Waals surface area (Å²) in [7, 11) is 1.54. The van der Waals surface area contributed by atoms with E-state index in [1.807, 2.05) is 30.3 Å². The molecule has 0 aliphatic carbocycles. The summed E-state index contributed by atoms with van der Waals surface area (Å²) < 4.78 is 5.28. The lowest BCUT2D eigenvalue weighted by Gasteiger charge is -2.13. The van der Waals surface area contributed by atoms with E-state index in [9.17, 15) is 9.59 Å². The van der Waals surface area contributed by atoms with Crippen molar-refractivity contribution < 1.29 is 14.3 Å². The molecule has 2 aromatic rings. The molecule has 0 aliphatic rings. The van der Waals surface area contributed by atoms with Crippen LogP contribution in [0.1, 0.15) is 12.5 Å². The van der Waals surface area contributed by atoms with Gasteiger partial charge < -0.3 is 20.7 Å². The van der Waals surface area contributed by atoms with Crippen molar-refractivity contribution in [3.8, 4) is 5.75 Å². The van der Waals surface area contributed by atoms with Gasteiger partial charge in [0.15, 0.2) is 0 Å². The Hall–Kier alpha value is -3.02. The minimum Gasteiger partial charge on any atom is -0.495 e. The summed E-state index contributed by atoms with van der Waals surface area (Å²) >= 11 is 0. The number of hydrogen-bond acceptors (Lipinski definition) is 4. The summed E-state index contributed by atoms with van der Waals surface area (Å²) in [6.07, 6.45) is 0. The van der Waals surface area contributed by atoms with Crippen molar-refractivity contribution in [2.24, 2.45) is 0 Å². The predicted molar refractivity (Wildman–Crippen MR) is 94.1 cm³/mol. The number of methoxy groups -OCH3 is 1. The summed E-state index contributed by atoms with van der Waals surface area (Å²) in [4.78, 5) is 23.0. The lowest BCUT2D eigenvalue weighted by molar-refractivity contribution is -0.119. The number of carbonyl (C=O) groups excluding carboxylic acids is 2. The van der Waals surface area contributed by atoms with Gasteiger partial charge in [0.2, 0.25) is 11.8 Å². The number of benzene rings is 2. The quantitative estimate of drug-likeness (QED) is 0.729. The van der Waals surface area contributed by atoms with Crippen molar-refractivity contribution in [3.63, 3.8) is 0 Å². The van der Waals surface area contributed by atoms with E-state index in [0.717, 1.165) is 5.56 Å². The highest BCUT2D eigenvalue weighted by atomic mass is 16.5. The van der Waals surface area contributed by atoms with E-state index < -0.39 is 0 Å². The molecule has 126 valence electrons. The molecular weight excluding hydrogens is 306 g/mol. The largest absolute Gasteiger partial charge is 0.495 e. The van der Waals surface area contributed by atoms with E-state index in [-0.39, 0.29) is 18.4 Å². The fourth-order valence-corrected chi connectivity index (χ4v) is 2.15. The highest BCUT2D eigenvalue weighted by Crippen LogP contribution is 2.27. The van der Waals surface area contributed by atoms with Gasteiger partial charge in [-0.1, -0.05) is 30.3 Å². The summed E-state index contributed by atoms with van der Waals surface area (Å²) in [6.45, 7) is 2.05. The van der Waals surface area contributed by atoms with E-state index in [0.29, 0.717) is 23.7 Å². The maximum absolute atomic E-state index is 11.9. The summed E-state index contributed by atoms with van der Waals surface area (Å²) in [5.41, 5.74) is 2.36. The Balaban J connectivity index is 1.88. The Labute approximate surface area is 141 Å². The van der Waals surface area contributed by atoms with Crippen molar-refractivity contribution in [1.82, 2.24) is 5.32 Å². The average Bonchev–Trinajstić information content (AvgIpc) is 2.59. The van der Waals surface area contributed by atoms with Crippen molar-refractivity contribution in [3.05, 3.63) is 54.1 Å². The average molecular weight is 327 g/mol. The van der Waals surface area contributed by atoms with Crippen molar-refractivity contribution in [1.29, 1.82) is 0 Å². The molecule has 0 unspecified atom stereocenters. The molecule has 0 radical (unpaired) electrons. The fraction of sp³-hybridized carbons (Fsp3) is 0.222. The van der Waals surface area contributed by atoms with Crippen molar-refractivity contribution in [2.75, 3.05) is 24.3 Å². The Morgan fingerprint density at radius 1 is 1.08 bits per heavy atom. The topological polar surface area (TPSA) is 79.5 Å². The lowest BCUT2D eigenvalue weighted by atomic mass is 10.2. The van der Waals surface area contributed by atoms with Crippen LogP contribution in [0.15, 0.2) is 48.5 Å². The molecule has 2 rings (SSSR count). The third-order valence-electron chi connectivity index (χ3n) is 3.29. The van der Waals surface area contributed by atoms with E-state index in [4.69, 9.17) is 4.74 Å². The zero-order valence-electron chi connectivity index (χ0n) is 13.8. The van der Waals surface area contributed by atoms with Gasteiger partial charge in [0.25, 0.3) is 0 Å². The van der Waals surface area contributed by atoms with Crippen molar-refractivity contribution in [2.45, 2.75) is 13.5 Å². The molecule has 0 saturated carbocycles. The van der Waals surface area contributed by atoms with Gasteiger partial charge in [0.05, 0.1) is 19.3 Å². The van der Waals surface area contributed by atoms with Gasteiger partial charge in [-0.25, -0.2) is 0 Å². The molecule has 2 aromatic carbocycles. The molecule has 0 spiro atoms. The Bertz CT molecular complexity index is 702. The molecule has 0 fully saturated rings. The zero-order valence-corrected chi connectivity index (χ0v) is 13.8. The first-order chi connectivity index (χ1) is 11.6. The van der Waals surface area contributed by atoms with Crippen LogP contribution in [-0.4, -0.2) is 25.5 Å². The zero-order chi connectivity index (χ0) is 17.4. The predicted octanol–water partition coefficient (Wildman–Crippen LogP) is 2.38. The Morgan fingerprint density at radius 3 is 2.50 bits per heavy atom. The van der Waals surface area contributed by atoms with Crippen LogP contribution >= 0.6 is 0 Å². The van der Waals surface area contributed by atoms with Crippen LogP contribution in [0.5, 0.6) is 5.75 Å². The number of hydrogen-bond donors (Lipinski definition) is 3. The van der Waals surface area contributed by atoms with E-state index >= 15 is 0 Å². The first-order valence-corrected chi connectivity index (χ1v) is 7.58. The van der Waals surface area contributed by atoms with Gasteiger partial charge in [-0.15, -0.1) is 0 Å². The molecule has 0 aromatic heterocycles. The smallest absolute Gasteiger partial charge is 0.239 e. The van der Waals surface area contributed by atoms with Gasteiger partial charge in [-0.3, -0.25) is 9.59 Å². The number of nitrogens with one attached hydrogen (secondary N) is 3. The molecule has 0 atom stereocenters. The van der Waals surface area contributed by atoms with E-state index in [1.54, 1.807) is 18.2 Å². The number of anilines is 2. The first kappa shape index (κ1) is 17.3. The monoisotopic (exact) mass is 327 g/mol.